The fourth-order valence-corrected chi connectivity index (χ4v) is 2.46. The monoisotopic (exact) mass is 270 g/mol. The van der Waals surface area contributed by atoms with Crippen LogP contribution in [0.4, 0.5) is 13.2 Å². The van der Waals surface area contributed by atoms with E-state index in [9.17, 15) is 13.2 Å². The first-order valence-corrected chi connectivity index (χ1v) is 6.43. The van der Waals surface area contributed by atoms with Gasteiger partial charge in [0.05, 0.1) is 0 Å². The number of allylic oxidation sites excluding steroid dienone is 2. The van der Waals surface area contributed by atoms with Crippen molar-refractivity contribution in [2.24, 2.45) is 0 Å². The number of benzene rings is 1. The highest BCUT2D eigenvalue weighted by Crippen LogP contribution is 2.35. The Labute approximate surface area is 111 Å². The maximum atomic E-state index is 12.1. The van der Waals surface area contributed by atoms with Crippen LogP contribution in [0.25, 0.3) is 0 Å². The first kappa shape index (κ1) is 14.0. The summed E-state index contributed by atoms with van der Waals surface area (Å²) in [4.78, 5) is 0. The molecule has 0 spiro atoms. The zero-order valence-corrected chi connectivity index (χ0v) is 10.8. The number of rotatable bonds is 2. The van der Waals surface area contributed by atoms with E-state index in [1.54, 1.807) is 12.1 Å². The van der Waals surface area contributed by atoms with E-state index in [1.165, 1.54) is 18.6 Å². The molecule has 4 heteroatoms. The van der Waals surface area contributed by atoms with Crippen molar-refractivity contribution in [3.8, 4) is 5.75 Å². The second kappa shape index (κ2) is 5.27. The molecule has 1 aliphatic rings. The van der Waals surface area contributed by atoms with Crippen LogP contribution in [0.1, 0.15) is 38.2 Å². The Morgan fingerprint density at radius 3 is 2.42 bits per heavy atom. The molecule has 1 aromatic carbocycles. The summed E-state index contributed by atoms with van der Waals surface area (Å²) >= 11 is 0. The van der Waals surface area contributed by atoms with Gasteiger partial charge in [0.15, 0.2) is 0 Å². The van der Waals surface area contributed by atoms with Crippen LogP contribution in [0.2, 0.25) is 0 Å². The minimum Gasteiger partial charge on any atom is -0.406 e. The third-order valence-electron chi connectivity index (χ3n) is 3.55. The molecule has 0 saturated heterocycles. The standard InChI is InChI=1S/C15H17F3O/c1-14(10-4-2-3-5-11-14)12-6-8-13(9-7-12)19-15(16,17)18/h4,6-10H,2-3,5,11H2,1H3/t14-/m0/s1. The fourth-order valence-electron chi connectivity index (χ4n) is 2.46. The van der Waals surface area contributed by atoms with Crippen LogP contribution in [0, 0.1) is 0 Å². The first-order valence-electron chi connectivity index (χ1n) is 6.43. The summed E-state index contributed by atoms with van der Waals surface area (Å²) in [7, 11) is 0. The van der Waals surface area contributed by atoms with Crippen LogP contribution < -0.4 is 4.74 Å². The van der Waals surface area contributed by atoms with Gasteiger partial charge in [-0.1, -0.05) is 37.6 Å². The normalized spacial score (nSPS) is 24.0. The van der Waals surface area contributed by atoms with Crippen LogP contribution in [0.15, 0.2) is 36.4 Å². The number of alkyl halides is 3. The molecule has 0 bridgehead atoms. The van der Waals surface area contributed by atoms with Crippen LogP contribution in [0.3, 0.4) is 0 Å². The molecule has 0 fully saturated rings. The Balaban J connectivity index is 2.17. The zero-order valence-electron chi connectivity index (χ0n) is 10.8. The van der Waals surface area contributed by atoms with Crippen LogP contribution in [-0.2, 0) is 5.41 Å². The summed E-state index contributed by atoms with van der Waals surface area (Å²) < 4.78 is 40.2. The van der Waals surface area contributed by atoms with E-state index < -0.39 is 6.36 Å². The van der Waals surface area contributed by atoms with Crippen molar-refractivity contribution >= 4 is 0 Å². The molecule has 104 valence electrons. The van der Waals surface area contributed by atoms with Crippen molar-refractivity contribution in [3.63, 3.8) is 0 Å². The van der Waals surface area contributed by atoms with E-state index >= 15 is 0 Å². The van der Waals surface area contributed by atoms with Gasteiger partial charge in [-0.2, -0.15) is 0 Å². The second-order valence-electron chi connectivity index (χ2n) is 5.14. The van der Waals surface area contributed by atoms with E-state index in [2.05, 4.69) is 23.8 Å². The molecule has 0 unspecified atom stereocenters. The quantitative estimate of drug-likeness (QED) is 0.689. The maximum Gasteiger partial charge on any atom is 0.573 e. The molecule has 2 rings (SSSR count). The van der Waals surface area contributed by atoms with E-state index in [4.69, 9.17) is 0 Å². The van der Waals surface area contributed by atoms with Gasteiger partial charge >= 0.3 is 6.36 Å². The Hall–Kier alpha value is -1.45. The van der Waals surface area contributed by atoms with Gasteiger partial charge < -0.3 is 4.74 Å². The molecule has 0 aromatic heterocycles. The summed E-state index contributed by atoms with van der Waals surface area (Å²) in [5.41, 5.74) is 0.938. The molecular weight excluding hydrogens is 253 g/mol. The topological polar surface area (TPSA) is 9.23 Å². The van der Waals surface area contributed by atoms with E-state index in [0.29, 0.717) is 0 Å². The third kappa shape index (κ3) is 3.75. The predicted octanol–water partition coefficient (Wildman–Crippen LogP) is 4.97. The summed E-state index contributed by atoms with van der Waals surface area (Å²) in [5, 5.41) is 0. The first-order chi connectivity index (χ1) is 8.89. The van der Waals surface area contributed by atoms with Gasteiger partial charge in [0.1, 0.15) is 5.75 Å². The van der Waals surface area contributed by atoms with Gasteiger partial charge in [-0.05, 0) is 37.0 Å². The summed E-state index contributed by atoms with van der Waals surface area (Å²) in [6.45, 7) is 2.12. The van der Waals surface area contributed by atoms with E-state index in [0.717, 1.165) is 24.8 Å². The lowest BCUT2D eigenvalue weighted by Gasteiger charge is -2.26. The summed E-state index contributed by atoms with van der Waals surface area (Å²) in [6.07, 6.45) is 4.08. The van der Waals surface area contributed by atoms with Gasteiger partial charge in [0, 0.05) is 5.41 Å². The molecule has 1 nitrogen and oxygen atoms in total. The molecule has 0 saturated carbocycles. The highest BCUT2D eigenvalue weighted by atomic mass is 19.4. The zero-order chi connectivity index (χ0) is 13.9. The van der Waals surface area contributed by atoms with Gasteiger partial charge in [-0.15, -0.1) is 13.2 Å². The molecule has 1 aromatic rings. The third-order valence-corrected chi connectivity index (χ3v) is 3.55. The maximum absolute atomic E-state index is 12.1. The van der Waals surface area contributed by atoms with Crippen LogP contribution in [-0.4, -0.2) is 6.36 Å². The van der Waals surface area contributed by atoms with Crippen molar-refractivity contribution in [3.05, 3.63) is 42.0 Å². The molecule has 19 heavy (non-hydrogen) atoms. The molecule has 0 aliphatic heterocycles. The smallest absolute Gasteiger partial charge is 0.406 e. The highest BCUT2D eigenvalue weighted by molar-refractivity contribution is 5.35. The fraction of sp³-hybridized carbons (Fsp3) is 0.467. The highest BCUT2D eigenvalue weighted by Gasteiger charge is 2.31. The van der Waals surface area contributed by atoms with Crippen molar-refractivity contribution in [2.45, 2.75) is 44.4 Å². The van der Waals surface area contributed by atoms with Crippen molar-refractivity contribution in [1.29, 1.82) is 0 Å². The average molecular weight is 270 g/mol. The van der Waals surface area contributed by atoms with Crippen LogP contribution >= 0.6 is 0 Å². The van der Waals surface area contributed by atoms with Gasteiger partial charge in [0.2, 0.25) is 0 Å². The SMILES string of the molecule is C[C@]1(c2ccc(OC(F)(F)F)cc2)C=CCCCC1. The van der Waals surface area contributed by atoms with Gasteiger partial charge in [-0.3, -0.25) is 0 Å². The Kier molecular flexibility index (Phi) is 3.88. The summed E-state index contributed by atoms with van der Waals surface area (Å²) in [6, 6.07) is 6.20. The molecule has 1 aliphatic carbocycles. The number of hydrogen-bond acceptors (Lipinski definition) is 1. The molecule has 1 atom stereocenters. The Morgan fingerprint density at radius 1 is 1.11 bits per heavy atom. The van der Waals surface area contributed by atoms with Crippen molar-refractivity contribution < 1.29 is 17.9 Å². The lowest BCUT2D eigenvalue weighted by atomic mass is 9.79. The van der Waals surface area contributed by atoms with Gasteiger partial charge in [-0.25, -0.2) is 0 Å². The Bertz CT molecular complexity index is 447. The minimum absolute atomic E-state index is 0.0900. The largest absolute Gasteiger partial charge is 0.573 e. The molecular formula is C15H17F3O. The van der Waals surface area contributed by atoms with Crippen molar-refractivity contribution in [1.82, 2.24) is 0 Å². The molecule has 0 N–H and O–H groups in total. The number of halogens is 3. The lowest BCUT2D eigenvalue weighted by Crippen LogP contribution is -2.19. The van der Waals surface area contributed by atoms with Crippen molar-refractivity contribution in [2.75, 3.05) is 0 Å². The summed E-state index contributed by atoms with van der Waals surface area (Å²) in [5.74, 6) is -0.169. The number of hydrogen-bond donors (Lipinski definition) is 0. The van der Waals surface area contributed by atoms with Gasteiger partial charge in [0.25, 0.3) is 0 Å². The van der Waals surface area contributed by atoms with E-state index in [-0.39, 0.29) is 11.2 Å². The van der Waals surface area contributed by atoms with E-state index in [1.807, 2.05) is 0 Å². The number of ether oxygens (including phenoxy) is 1. The molecule has 0 radical (unpaired) electrons. The molecule has 0 amide bonds. The lowest BCUT2D eigenvalue weighted by molar-refractivity contribution is -0.274. The molecule has 0 heterocycles. The predicted molar refractivity (Wildman–Crippen MR) is 68.1 cm³/mol. The van der Waals surface area contributed by atoms with Crippen LogP contribution in [0.5, 0.6) is 5.75 Å². The average Bonchev–Trinajstić information content (AvgIpc) is 2.54. The minimum atomic E-state index is -4.63. The Morgan fingerprint density at radius 2 is 1.79 bits per heavy atom. The second-order valence-corrected chi connectivity index (χ2v) is 5.14.